The second-order valence-electron chi connectivity index (χ2n) is 18.7. The Kier molecular flexibility index (Phi) is 16.8. The summed E-state index contributed by atoms with van der Waals surface area (Å²) in [5.74, 6) is 0.518. The summed E-state index contributed by atoms with van der Waals surface area (Å²) in [6.45, 7) is 26.6. The molecule has 384 valence electrons. The largest absolute Gasteiger partial charge is 0.368 e. The molecule has 0 saturated carbocycles. The maximum atomic E-state index is 15.0. The van der Waals surface area contributed by atoms with Gasteiger partial charge >= 0.3 is 0 Å². The van der Waals surface area contributed by atoms with Gasteiger partial charge in [-0.3, -0.25) is 4.98 Å². The van der Waals surface area contributed by atoms with Crippen molar-refractivity contribution >= 4 is 62.0 Å². The van der Waals surface area contributed by atoms with E-state index in [9.17, 15) is 17.6 Å². The fourth-order valence-electron chi connectivity index (χ4n) is 9.49. The lowest BCUT2D eigenvalue weighted by atomic mass is 10.0. The van der Waals surface area contributed by atoms with Crippen LogP contribution in [0.3, 0.4) is 0 Å². The van der Waals surface area contributed by atoms with Gasteiger partial charge in [0.05, 0.1) is 66.0 Å². The Bertz CT molecular complexity index is 3160. The summed E-state index contributed by atoms with van der Waals surface area (Å²) >= 11 is 2.01. The van der Waals surface area contributed by atoms with Crippen LogP contribution in [0.25, 0.3) is 44.3 Å². The molecule has 0 atom stereocenters. The molecule has 2 aliphatic rings. The van der Waals surface area contributed by atoms with Crippen LogP contribution in [-0.2, 0) is 6.42 Å². The molecule has 15 nitrogen and oxygen atoms in total. The first-order chi connectivity index (χ1) is 35.0. The first-order valence-electron chi connectivity index (χ1n) is 24.7. The van der Waals surface area contributed by atoms with E-state index in [1.807, 2.05) is 85.7 Å². The van der Waals surface area contributed by atoms with Gasteiger partial charge < -0.3 is 34.5 Å². The predicted molar refractivity (Wildman–Crippen MR) is 289 cm³/mol. The van der Waals surface area contributed by atoms with Gasteiger partial charge in [0.15, 0.2) is 11.6 Å². The molecule has 0 aliphatic carbocycles. The number of hydrogen-bond donors (Lipinski definition) is 1. The van der Waals surface area contributed by atoms with Crippen molar-refractivity contribution in [2.24, 2.45) is 0 Å². The van der Waals surface area contributed by atoms with Crippen LogP contribution in [0.2, 0.25) is 0 Å². The molecule has 2 aliphatic heterocycles. The van der Waals surface area contributed by atoms with Gasteiger partial charge in [0.2, 0.25) is 5.95 Å². The number of halogens is 5. The van der Waals surface area contributed by atoms with Gasteiger partial charge in [-0.25, -0.2) is 52.4 Å². The van der Waals surface area contributed by atoms with E-state index in [1.54, 1.807) is 36.7 Å². The van der Waals surface area contributed by atoms with Gasteiger partial charge in [-0.1, -0.05) is 13.8 Å². The van der Waals surface area contributed by atoms with Gasteiger partial charge in [0, 0.05) is 81.3 Å². The fraction of sp³-hybridized carbons (Fsp3) is 0.396. The summed E-state index contributed by atoms with van der Waals surface area (Å²) < 4.78 is 62.8. The Morgan fingerprint density at radius 1 is 0.534 bits per heavy atom. The van der Waals surface area contributed by atoms with E-state index in [1.165, 1.54) is 18.3 Å². The van der Waals surface area contributed by atoms with Crippen molar-refractivity contribution in [2.45, 2.75) is 73.9 Å². The van der Waals surface area contributed by atoms with Gasteiger partial charge in [-0.2, -0.15) is 0 Å². The zero-order chi connectivity index (χ0) is 52.1. The zero-order valence-electron chi connectivity index (χ0n) is 42.6. The number of hydrogen-bond acceptors (Lipinski definition) is 13. The number of aromatic nitrogens is 10. The summed E-state index contributed by atoms with van der Waals surface area (Å²) in [4.78, 5) is 43.3. The van der Waals surface area contributed by atoms with Crippen LogP contribution in [0.4, 0.5) is 34.9 Å². The van der Waals surface area contributed by atoms with Gasteiger partial charge in [-0.05, 0) is 125 Å². The molecule has 0 unspecified atom stereocenters. The molecule has 8 heterocycles. The normalized spacial score (nSPS) is 14.5. The average Bonchev–Trinajstić information content (AvgIpc) is 3.92. The fourth-order valence-corrected chi connectivity index (χ4v) is 9.94. The molecule has 0 spiro atoms. The lowest BCUT2D eigenvalue weighted by Gasteiger charge is -2.35. The van der Waals surface area contributed by atoms with Crippen molar-refractivity contribution in [3.8, 4) is 22.3 Å². The highest BCUT2D eigenvalue weighted by Gasteiger charge is 2.21. The Morgan fingerprint density at radius 3 is 1.40 bits per heavy atom. The topological polar surface area (TPSA) is 152 Å². The smallest absolute Gasteiger partial charge is 0.220 e. The second-order valence-corrected chi connectivity index (χ2v) is 19.8. The number of aryl methyl sites for hydroxylation is 2. The van der Waals surface area contributed by atoms with Gasteiger partial charge in [0.1, 0.15) is 43.8 Å². The number of likely N-dealkylation sites (N-methyl/N-ethyl adjacent to an activating group) is 2. The van der Waals surface area contributed by atoms with E-state index < -0.39 is 23.3 Å². The Labute approximate surface area is 437 Å². The molecule has 8 aromatic rings. The Balaban J connectivity index is 0.000000162. The van der Waals surface area contributed by atoms with Crippen LogP contribution in [-0.4, -0.2) is 124 Å². The molecule has 73 heavy (non-hydrogen) atoms. The molecule has 20 heteroatoms. The van der Waals surface area contributed by atoms with E-state index in [0.29, 0.717) is 71.9 Å². The molecular formula is C53H62F4IN15. The third kappa shape index (κ3) is 12.2. The molecule has 2 saturated heterocycles. The quantitative estimate of drug-likeness (QED) is 0.0787. The van der Waals surface area contributed by atoms with Crippen LogP contribution in [0.5, 0.6) is 0 Å². The van der Waals surface area contributed by atoms with Crippen molar-refractivity contribution in [2.75, 3.05) is 81.0 Å². The van der Waals surface area contributed by atoms with Crippen molar-refractivity contribution in [3.05, 3.63) is 124 Å². The Morgan fingerprint density at radius 2 is 0.959 bits per heavy atom. The van der Waals surface area contributed by atoms with E-state index in [-0.39, 0.29) is 12.1 Å². The maximum absolute atomic E-state index is 15.0. The molecule has 2 N–H and O–H groups in total. The van der Waals surface area contributed by atoms with Crippen molar-refractivity contribution in [1.82, 2.24) is 58.8 Å². The average molecular weight is 1110 g/mol. The number of imidazole rings is 2. The summed E-state index contributed by atoms with van der Waals surface area (Å²) in [7, 11) is 0. The van der Waals surface area contributed by atoms with Gasteiger partial charge in [-0.15, -0.1) is 0 Å². The van der Waals surface area contributed by atoms with E-state index in [2.05, 4.69) is 73.3 Å². The minimum atomic E-state index is -0.507. The number of nitrogen functional groups attached to an aromatic ring is 1. The van der Waals surface area contributed by atoms with Crippen molar-refractivity contribution in [1.29, 1.82) is 0 Å². The second kappa shape index (κ2) is 23.2. The third-order valence-electron chi connectivity index (χ3n) is 13.3. The predicted octanol–water partition coefficient (Wildman–Crippen LogP) is 9.86. The number of fused-ring (bicyclic) bond motifs is 2. The minimum absolute atomic E-state index is 0.0955. The van der Waals surface area contributed by atoms with Crippen molar-refractivity contribution in [3.63, 3.8) is 0 Å². The molecule has 0 amide bonds. The van der Waals surface area contributed by atoms with Crippen LogP contribution in [0, 0.1) is 40.8 Å². The van der Waals surface area contributed by atoms with Gasteiger partial charge in [0.25, 0.3) is 0 Å². The molecule has 2 fully saturated rings. The van der Waals surface area contributed by atoms with Crippen LogP contribution < -0.4 is 15.5 Å². The van der Waals surface area contributed by atoms with Crippen molar-refractivity contribution < 1.29 is 17.6 Å². The summed E-state index contributed by atoms with van der Waals surface area (Å²) in [6.07, 6.45) is 9.96. The van der Waals surface area contributed by atoms with Crippen LogP contribution in [0.1, 0.15) is 76.8 Å². The number of piperazine rings is 2. The molecule has 2 aromatic carbocycles. The monoisotopic (exact) mass is 1110 g/mol. The number of nitrogens with two attached hydrogens (primary N) is 1. The molecular weight excluding hydrogens is 1050 g/mol. The molecule has 6 aromatic heterocycles. The number of pyridine rings is 2. The molecule has 10 rings (SSSR count). The number of anilines is 3. The first kappa shape index (κ1) is 52.9. The SMILES string of the molecule is CCN1CCN(c2cnc(Cc3cc(-c4cc(F)c5nc(C)n(C(C)C)c5c4)c(F)cn3)nc2)CC1.CCN1CCN(c2cnc(N)nc2)CC1.Cc1nc2c(F)cc(-c3cc(I)ncc3F)cc2n1C(C)C. The third-order valence-corrected chi connectivity index (χ3v) is 13.9. The molecule has 0 bridgehead atoms. The minimum Gasteiger partial charge on any atom is -0.368 e. The van der Waals surface area contributed by atoms with Crippen LogP contribution in [0.15, 0.2) is 73.6 Å². The van der Waals surface area contributed by atoms with E-state index in [0.717, 1.165) is 94.7 Å². The maximum Gasteiger partial charge on any atom is 0.220 e. The highest BCUT2D eigenvalue weighted by atomic mass is 127. The number of rotatable bonds is 10. The summed E-state index contributed by atoms with van der Waals surface area (Å²) in [5, 5.41) is 0. The standard InChI is InChI=1S/C27H31F2N7.C16H14F2IN3.C10H17N5/c1-5-34-6-8-35(9-7-34)21-14-31-26(32-15-21)13-20-12-22(24(29)16-30-20)19-10-23(28)27-25(11-19)36(17(2)3)18(4)33-27;1-8(2)22-9(3)21-16-12(17)4-10(5-14(16)22)11-6-15(19)20-7-13(11)18;1-2-14-3-5-15(6-4-14)9-7-12-10(11)13-8-9/h10-12,14-17H,5-9,13H2,1-4H3;4-8H,1-3H3;7-8H,2-6H2,1H3,(H2,11,12,13). The highest BCUT2D eigenvalue weighted by molar-refractivity contribution is 14.1. The Hall–Kier alpha value is -6.39. The van der Waals surface area contributed by atoms with E-state index in [4.69, 9.17) is 5.73 Å². The molecule has 0 radical (unpaired) electrons. The number of benzene rings is 2. The lowest BCUT2D eigenvalue weighted by molar-refractivity contribution is 0.271. The lowest BCUT2D eigenvalue weighted by Crippen LogP contribution is -2.46. The van der Waals surface area contributed by atoms with Crippen LogP contribution >= 0.6 is 22.6 Å². The van der Waals surface area contributed by atoms with E-state index >= 15 is 0 Å². The highest BCUT2D eigenvalue weighted by Crippen LogP contribution is 2.33. The summed E-state index contributed by atoms with van der Waals surface area (Å²) in [5.41, 5.74) is 11.6. The zero-order valence-corrected chi connectivity index (χ0v) is 44.7. The first-order valence-corrected chi connectivity index (χ1v) is 25.7. The number of nitrogens with zero attached hydrogens (tertiary/aromatic N) is 14. The summed E-state index contributed by atoms with van der Waals surface area (Å²) in [6, 6.07) is 9.75.